The lowest BCUT2D eigenvalue weighted by Gasteiger charge is -2.04. The number of carbonyl (C=O) groups is 1. The van der Waals surface area contributed by atoms with Crippen molar-refractivity contribution < 1.29 is 14.1 Å². The topological polar surface area (TPSA) is 95.4 Å². The van der Waals surface area contributed by atoms with E-state index in [2.05, 4.69) is 15.9 Å². The maximum absolute atomic E-state index is 11.8. The molecular formula is C11H7BrN2O5. The molecule has 0 spiro atoms. The van der Waals surface area contributed by atoms with Gasteiger partial charge in [-0.3, -0.25) is 19.7 Å². The van der Waals surface area contributed by atoms with E-state index in [0.29, 0.717) is 12.0 Å². The van der Waals surface area contributed by atoms with Crippen molar-refractivity contribution in [3.8, 4) is 0 Å². The lowest BCUT2D eigenvalue weighted by molar-refractivity contribution is -0.385. The second kappa shape index (κ2) is 5.19. The third kappa shape index (κ3) is 2.79. The van der Waals surface area contributed by atoms with Gasteiger partial charge < -0.3 is 8.98 Å². The number of furan rings is 1. The standard InChI is InChI=1S/C11H7BrN2O5/c12-10-3-7(14(17)18)4-13(11(10)16)5-8-1-2-9(6-15)19-8/h1-4,6H,5H2. The van der Waals surface area contributed by atoms with Gasteiger partial charge in [0.15, 0.2) is 12.0 Å². The molecule has 0 aliphatic heterocycles. The molecule has 0 unspecified atom stereocenters. The van der Waals surface area contributed by atoms with E-state index < -0.39 is 10.5 Å². The van der Waals surface area contributed by atoms with Gasteiger partial charge in [0.25, 0.3) is 11.2 Å². The van der Waals surface area contributed by atoms with E-state index in [1.165, 1.54) is 12.1 Å². The summed E-state index contributed by atoms with van der Waals surface area (Å²) in [5.74, 6) is 0.490. The van der Waals surface area contributed by atoms with Crippen LogP contribution in [0.1, 0.15) is 16.3 Å². The van der Waals surface area contributed by atoms with Crippen molar-refractivity contribution in [2.75, 3.05) is 0 Å². The van der Waals surface area contributed by atoms with Gasteiger partial charge in [-0.25, -0.2) is 0 Å². The van der Waals surface area contributed by atoms with Gasteiger partial charge in [0.05, 0.1) is 22.1 Å². The number of aromatic nitrogens is 1. The Labute approximate surface area is 114 Å². The first-order valence-electron chi connectivity index (χ1n) is 5.09. The molecule has 7 nitrogen and oxygen atoms in total. The van der Waals surface area contributed by atoms with Crippen molar-refractivity contribution in [1.82, 2.24) is 4.57 Å². The van der Waals surface area contributed by atoms with Crippen LogP contribution in [0.5, 0.6) is 0 Å². The molecule has 2 heterocycles. The van der Waals surface area contributed by atoms with E-state index >= 15 is 0 Å². The second-order valence-electron chi connectivity index (χ2n) is 3.66. The summed E-state index contributed by atoms with van der Waals surface area (Å²) in [7, 11) is 0. The van der Waals surface area contributed by atoms with Crippen molar-refractivity contribution in [3.63, 3.8) is 0 Å². The minimum atomic E-state index is -0.598. The molecular weight excluding hydrogens is 320 g/mol. The second-order valence-corrected chi connectivity index (χ2v) is 4.51. The van der Waals surface area contributed by atoms with E-state index in [1.54, 1.807) is 0 Å². The molecule has 98 valence electrons. The number of rotatable bonds is 4. The van der Waals surface area contributed by atoms with Crippen LogP contribution in [-0.4, -0.2) is 15.8 Å². The number of halogens is 1. The SMILES string of the molecule is O=Cc1ccc(Cn2cc([N+](=O)[O-])cc(Br)c2=O)o1. The third-order valence-corrected chi connectivity index (χ3v) is 2.93. The maximum atomic E-state index is 11.8. The molecule has 0 fully saturated rings. The van der Waals surface area contributed by atoms with Crippen LogP contribution in [0.4, 0.5) is 5.69 Å². The van der Waals surface area contributed by atoms with Crippen LogP contribution < -0.4 is 5.56 Å². The Bertz CT molecular complexity index is 703. The van der Waals surface area contributed by atoms with Gasteiger partial charge in [0, 0.05) is 6.07 Å². The first kappa shape index (κ1) is 13.2. The van der Waals surface area contributed by atoms with Crippen molar-refractivity contribution in [3.05, 3.63) is 60.9 Å². The summed E-state index contributed by atoms with van der Waals surface area (Å²) in [6.45, 7) is 0.00690. The number of nitrogens with zero attached hydrogens (tertiary/aromatic N) is 2. The minimum absolute atomic E-state index is 0.00690. The van der Waals surface area contributed by atoms with Crippen LogP contribution >= 0.6 is 15.9 Å². The summed E-state index contributed by atoms with van der Waals surface area (Å²) in [5.41, 5.74) is -0.636. The van der Waals surface area contributed by atoms with Crippen molar-refractivity contribution in [2.45, 2.75) is 6.54 Å². The first-order valence-corrected chi connectivity index (χ1v) is 5.89. The van der Waals surface area contributed by atoms with Gasteiger partial charge in [-0.2, -0.15) is 0 Å². The average Bonchev–Trinajstić information content (AvgIpc) is 2.82. The molecule has 2 rings (SSSR count). The number of pyridine rings is 1. The predicted molar refractivity (Wildman–Crippen MR) is 68.3 cm³/mol. The number of carbonyl (C=O) groups excluding carboxylic acids is 1. The Morgan fingerprint density at radius 1 is 1.47 bits per heavy atom. The van der Waals surface area contributed by atoms with E-state index in [0.717, 1.165) is 16.8 Å². The number of aldehydes is 1. The van der Waals surface area contributed by atoms with E-state index in [4.69, 9.17) is 4.42 Å². The molecule has 19 heavy (non-hydrogen) atoms. The lowest BCUT2D eigenvalue weighted by atomic mass is 10.4. The fraction of sp³-hybridized carbons (Fsp3) is 0.0909. The molecule has 0 aliphatic carbocycles. The highest BCUT2D eigenvalue weighted by molar-refractivity contribution is 9.10. The van der Waals surface area contributed by atoms with Crippen LogP contribution in [0.2, 0.25) is 0 Å². The third-order valence-electron chi connectivity index (χ3n) is 2.36. The molecule has 0 bridgehead atoms. The van der Waals surface area contributed by atoms with E-state index in [1.807, 2.05) is 0 Å². The zero-order valence-corrected chi connectivity index (χ0v) is 11.0. The van der Waals surface area contributed by atoms with Gasteiger partial charge in [-0.05, 0) is 28.1 Å². The Kier molecular flexibility index (Phi) is 3.61. The van der Waals surface area contributed by atoms with Gasteiger partial charge in [0.1, 0.15) is 5.76 Å². The van der Waals surface area contributed by atoms with Gasteiger partial charge in [0.2, 0.25) is 0 Å². The zero-order chi connectivity index (χ0) is 14.0. The van der Waals surface area contributed by atoms with Crippen LogP contribution in [0, 0.1) is 10.1 Å². The number of hydrogen-bond acceptors (Lipinski definition) is 5. The summed E-state index contributed by atoms with van der Waals surface area (Å²) in [6.07, 6.45) is 1.66. The molecule has 0 saturated heterocycles. The monoisotopic (exact) mass is 326 g/mol. The molecule has 0 aromatic carbocycles. The molecule has 2 aromatic rings. The van der Waals surface area contributed by atoms with Crippen LogP contribution in [0.25, 0.3) is 0 Å². The fourth-order valence-corrected chi connectivity index (χ4v) is 1.97. The summed E-state index contributed by atoms with van der Waals surface area (Å²) < 4.78 is 6.34. The van der Waals surface area contributed by atoms with Crippen LogP contribution in [0.3, 0.4) is 0 Å². The normalized spacial score (nSPS) is 10.4. The molecule has 0 saturated carbocycles. The highest BCUT2D eigenvalue weighted by Crippen LogP contribution is 2.15. The van der Waals surface area contributed by atoms with Gasteiger partial charge in [-0.15, -0.1) is 0 Å². The van der Waals surface area contributed by atoms with Crippen LogP contribution in [0.15, 0.2) is 38.1 Å². The molecule has 2 aromatic heterocycles. The molecule has 0 atom stereocenters. The first-order chi connectivity index (χ1) is 9.01. The quantitative estimate of drug-likeness (QED) is 0.486. The predicted octanol–water partition coefficient (Wildman–Crippen LogP) is 1.97. The molecule has 0 aliphatic rings. The molecule has 0 radical (unpaired) electrons. The molecule has 8 heteroatoms. The summed E-state index contributed by atoms with van der Waals surface area (Å²) in [6, 6.07) is 4.13. The van der Waals surface area contributed by atoms with Crippen molar-refractivity contribution in [1.29, 1.82) is 0 Å². The fourth-order valence-electron chi connectivity index (χ4n) is 1.51. The lowest BCUT2D eigenvalue weighted by Crippen LogP contribution is -2.21. The van der Waals surface area contributed by atoms with Gasteiger partial charge >= 0.3 is 0 Å². The highest BCUT2D eigenvalue weighted by atomic mass is 79.9. The minimum Gasteiger partial charge on any atom is -0.456 e. The average molecular weight is 327 g/mol. The van der Waals surface area contributed by atoms with E-state index in [-0.39, 0.29) is 22.5 Å². The van der Waals surface area contributed by atoms with Crippen molar-refractivity contribution in [2.24, 2.45) is 0 Å². The van der Waals surface area contributed by atoms with Crippen LogP contribution in [-0.2, 0) is 6.54 Å². The Hall–Kier alpha value is -2.22. The zero-order valence-electron chi connectivity index (χ0n) is 9.41. The van der Waals surface area contributed by atoms with Gasteiger partial charge in [-0.1, -0.05) is 0 Å². The summed E-state index contributed by atoms with van der Waals surface area (Å²) >= 11 is 2.97. The Morgan fingerprint density at radius 3 is 2.79 bits per heavy atom. The smallest absolute Gasteiger partial charge is 0.286 e. The molecule has 0 N–H and O–H groups in total. The molecule has 0 amide bonds. The Morgan fingerprint density at radius 2 is 2.21 bits per heavy atom. The highest BCUT2D eigenvalue weighted by Gasteiger charge is 2.13. The largest absolute Gasteiger partial charge is 0.456 e. The summed E-state index contributed by atoms with van der Waals surface area (Å²) in [5, 5.41) is 10.7. The summed E-state index contributed by atoms with van der Waals surface area (Å²) in [4.78, 5) is 32.4. The maximum Gasteiger partial charge on any atom is 0.286 e. The van der Waals surface area contributed by atoms with E-state index in [9.17, 15) is 19.7 Å². The Balaban J connectivity index is 2.41. The van der Waals surface area contributed by atoms with Crippen molar-refractivity contribution >= 4 is 27.9 Å². The number of nitro groups is 1. The number of hydrogen-bond donors (Lipinski definition) is 0.